The van der Waals surface area contributed by atoms with E-state index in [0.717, 1.165) is 0 Å². The van der Waals surface area contributed by atoms with Gasteiger partial charge < -0.3 is 19.5 Å². The highest BCUT2D eigenvalue weighted by atomic mass is 16.6. The van der Waals surface area contributed by atoms with E-state index in [1.165, 1.54) is 11.0 Å². The molecule has 1 aliphatic rings. The number of carboxylic acids is 1. The molecule has 1 aliphatic heterocycles. The fourth-order valence-corrected chi connectivity index (χ4v) is 2.08. The van der Waals surface area contributed by atoms with Crippen LogP contribution in [0.2, 0.25) is 0 Å². The quantitative estimate of drug-likeness (QED) is 0.861. The van der Waals surface area contributed by atoms with E-state index in [2.05, 4.69) is 0 Å². The van der Waals surface area contributed by atoms with Gasteiger partial charge in [-0.25, -0.2) is 9.59 Å². The average Bonchev–Trinajstić information content (AvgIpc) is 2.57. The molecule has 0 aromatic heterocycles. The van der Waals surface area contributed by atoms with Gasteiger partial charge in [0.05, 0.1) is 18.7 Å². The highest BCUT2D eigenvalue weighted by molar-refractivity contribution is 5.90. The van der Waals surface area contributed by atoms with Crippen molar-refractivity contribution in [1.29, 1.82) is 0 Å². The highest BCUT2D eigenvalue weighted by Crippen LogP contribution is 2.27. The number of amides is 1. The van der Waals surface area contributed by atoms with Crippen molar-refractivity contribution in [1.82, 2.24) is 4.90 Å². The molecule has 0 spiro atoms. The molecule has 0 atom stereocenters. The van der Waals surface area contributed by atoms with Crippen molar-refractivity contribution in [3.8, 4) is 5.75 Å². The maximum atomic E-state index is 12.2. The number of carbonyl (C=O) groups excluding carboxylic acids is 1. The molecule has 2 rings (SSSR count). The van der Waals surface area contributed by atoms with Gasteiger partial charge in [0, 0.05) is 5.56 Å². The third kappa shape index (κ3) is 3.65. The van der Waals surface area contributed by atoms with E-state index >= 15 is 0 Å². The van der Waals surface area contributed by atoms with Crippen LogP contribution >= 0.6 is 0 Å². The van der Waals surface area contributed by atoms with Gasteiger partial charge >= 0.3 is 12.1 Å². The fourth-order valence-electron chi connectivity index (χ4n) is 2.08. The van der Waals surface area contributed by atoms with E-state index in [-0.39, 0.29) is 12.1 Å². The molecular formula is C15H19NO5. The summed E-state index contributed by atoms with van der Waals surface area (Å²) in [4.78, 5) is 24.9. The van der Waals surface area contributed by atoms with Crippen LogP contribution in [0.5, 0.6) is 5.75 Å². The smallest absolute Gasteiger partial charge is 0.410 e. The summed E-state index contributed by atoms with van der Waals surface area (Å²) >= 11 is 0. The van der Waals surface area contributed by atoms with Gasteiger partial charge in [-0.3, -0.25) is 0 Å². The summed E-state index contributed by atoms with van der Waals surface area (Å²) < 4.78 is 10.9. The van der Waals surface area contributed by atoms with Crippen LogP contribution in [0.3, 0.4) is 0 Å². The van der Waals surface area contributed by atoms with Crippen molar-refractivity contribution >= 4 is 12.1 Å². The van der Waals surface area contributed by atoms with Crippen LogP contribution in [0, 0.1) is 0 Å². The Labute approximate surface area is 123 Å². The number of fused-ring (bicyclic) bond motifs is 1. The van der Waals surface area contributed by atoms with Crippen molar-refractivity contribution < 1.29 is 24.2 Å². The number of aromatic carboxylic acids is 1. The lowest BCUT2D eigenvalue weighted by molar-refractivity contribution is 0.0224. The predicted octanol–water partition coefficient (Wildman–Crippen LogP) is 2.51. The van der Waals surface area contributed by atoms with Crippen molar-refractivity contribution in [2.45, 2.75) is 32.9 Å². The third-order valence-electron chi connectivity index (χ3n) is 2.98. The third-order valence-corrected chi connectivity index (χ3v) is 2.98. The molecular weight excluding hydrogens is 274 g/mol. The molecule has 1 amide bonds. The summed E-state index contributed by atoms with van der Waals surface area (Å²) in [6.45, 7) is 6.17. The molecule has 6 heteroatoms. The second-order valence-corrected chi connectivity index (χ2v) is 5.84. The first-order valence-electron chi connectivity index (χ1n) is 6.74. The zero-order chi connectivity index (χ0) is 15.6. The molecule has 114 valence electrons. The van der Waals surface area contributed by atoms with Gasteiger partial charge in [-0.2, -0.15) is 0 Å². The molecule has 1 N–H and O–H groups in total. The van der Waals surface area contributed by atoms with Crippen LogP contribution in [0.4, 0.5) is 4.79 Å². The number of ether oxygens (including phenoxy) is 2. The largest absolute Gasteiger partial charge is 0.491 e. The zero-order valence-corrected chi connectivity index (χ0v) is 12.4. The Bertz CT molecular complexity index is 562. The molecule has 0 aliphatic carbocycles. The number of benzene rings is 1. The van der Waals surface area contributed by atoms with Crippen molar-refractivity contribution in [2.75, 3.05) is 13.2 Å². The molecule has 0 radical (unpaired) electrons. The molecule has 0 saturated heterocycles. The van der Waals surface area contributed by atoms with Crippen molar-refractivity contribution in [3.63, 3.8) is 0 Å². The maximum absolute atomic E-state index is 12.2. The van der Waals surface area contributed by atoms with Gasteiger partial charge in [-0.05, 0) is 32.9 Å². The van der Waals surface area contributed by atoms with E-state index in [1.807, 2.05) is 0 Å². The van der Waals surface area contributed by atoms with E-state index < -0.39 is 17.7 Å². The van der Waals surface area contributed by atoms with Crippen molar-refractivity contribution in [3.05, 3.63) is 29.3 Å². The molecule has 0 saturated carbocycles. The first-order valence-corrected chi connectivity index (χ1v) is 6.74. The lowest BCUT2D eigenvalue weighted by Gasteiger charge is -2.26. The lowest BCUT2D eigenvalue weighted by atomic mass is 10.1. The monoisotopic (exact) mass is 293 g/mol. The minimum absolute atomic E-state index is 0.142. The normalized spacial score (nSPS) is 14.7. The number of hydrogen-bond donors (Lipinski definition) is 1. The minimum atomic E-state index is -1.04. The maximum Gasteiger partial charge on any atom is 0.410 e. The molecule has 6 nitrogen and oxygen atoms in total. The van der Waals surface area contributed by atoms with Gasteiger partial charge in [0.25, 0.3) is 0 Å². The summed E-state index contributed by atoms with van der Waals surface area (Å²) in [5.41, 5.74) is 0.0377. The lowest BCUT2D eigenvalue weighted by Crippen LogP contribution is -2.37. The Hall–Kier alpha value is -2.24. The van der Waals surface area contributed by atoms with Crippen LogP contribution in [0.25, 0.3) is 0 Å². The average molecular weight is 293 g/mol. The number of rotatable bonds is 1. The summed E-state index contributed by atoms with van der Waals surface area (Å²) in [7, 11) is 0. The Morgan fingerprint density at radius 2 is 2.05 bits per heavy atom. The second-order valence-electron chi connectivity index (χ2n) is 5.84. The molecule has 1 aromatic carbocycles. The Morgan fingerprint density at radius 3 is 2.67 bits per heavy atom. The van der Waals surface area contributed by atoms with E-state index in [9.17, 15) is 14.7 Å². The number of carbonyl (C=O) groups is 2. The van der Waals surface area contributed by atoms with Gasteiger partial charge in [0.1, 0.15) is 18.0 Å². The molecule has 1 aromatic rings. The van der Waals surface area contributed by atoms with Crippen LogP contribution in [0.1, 0.15) is 36.7 Å². The molecule has 0 fully saturated rings. The van der Waals surface area contributed by atoms with E-state index in [4.69, 9.17) is 9.47 Å². The predicted molar refractivity (Wildman–Crippen MR) is 75.5 cm³/mol. The van der Waals surface area contributed by atoms with Gasteiger partial charge in [0.2, 0.25) is 0 Å². The van der Waals surface area contributed by atoms with Crippen LogP contribution in [-0.2, 0) is 11.3 Å². The number of nitrogens with zero attached hydrogens (tertiary/aromatic N) is 1. The zero-order valence-electron chi connectivity index (χ0n) is 12.4. The molecule has 1 heterocycles. The van der Waals surface area contributed by atoms with Crippen LogP contribution in [0.15, 0.2) is 18.2 Å². The fraction of sp³-hybridized carbons (Fsp3) is 0.467. The number of hydrogen-bond acceptors (Lipinski definition) is 4. The Balaban J connectivity index is 2.28. The number of carboxylic acid groups (broad SMARTS) is 1. The van der Waals surface area contributed by atoms with Gasteiger partial charge in [-0.15, -0.1) is 0 Å². The summed E-state index contributed by atoms with van der Waals surface area (Å²) in [6, 6.07) is 4.84. The van der Waals surface area contributed by atoms with Crippen molar-refractivity contribution in [2.24, 2.45) is 0 Å². The highest BCUT2D eigenvalue weighted by Gasteiger charge is 2.27. The summed E-state index contributed by atoms with van der Waals surface area (Å²) in [6.07, 6.45) is -0.473. The molecule has 0 unspecified atom stereocenters. The van der Waals surface area contributed by atoms with Crippen LogP contribution in [-0.4, -0.2) is 40.8 Å². The minimum Gasteiger partial charge on any atom is -0.491 e. The standard InChI is InChI=1S/C15H19NO5/c1-15(2,3)21-14(19)16-7-8-20-12-6-4-5-10(13(17)18)11(12)9-16/h4-6H,7-9H2,1-3H3,(H,17,18). The second kappa shape index (κ2) is 5.63. The topological polar surface area (TPSA) is 76.1 Å². The first-order chi connectivity index (χ1) is 9.78. The van der Waals surface area contributed by atoms with Gasteiger partial charge in [-0.1, -0.05) is 6.07 Å². The SMILES string of the molecule is CC(C)(C)OC(=O)N1CCOc2cccc(C(=O)O)c2C1. The Morgan fingerprint density at radius 1 is 1.33 bits per heavy atom. The van der Waals surface area contributed by atoms with Gasteiger partial charge in [0.15, 0.2) is 0 Å². The van der Waals surface area contributed by atoms with E-state index in [1.54, 1.807) is 32.9 Å². The Kier molecular flexibility index (Phi) is 4.06. The molecule has 0 bridgehead atoms. The van der Waals surface area contributed by atoms with E-state index in [0.29, 0.717) is 24.5 Å². The first kappa shape index (κ1) is 15.2. The summed E-state index contributed by atoms with van der Waals surface area (Å²) in [5.74, 6) is -0.539. The summed E-state index contributed by atoms with van der Waals surface area (Å²) in [5, 5.41) is 9.25. The molecule has 21 heavy (non-hydrogen) atoms. The van der Waals surface area contributed by atoms with Crippen LogP contribution < -0.4 is 4.74 Å².